The Kier molecular flexibility index (Phi) is 5.45. The summed E-state index contributed by atoms with van der Waals surface area (Å²) < 4.78 is 35.3. The third-order valence-electron chi connectivity index (χ3n) is 1.55. The highest BCUT2D eigenvalue weighted by Crippen LogP contribution is 2.19. The van der Waals surface area contributed by atoms with Gasteiger partial charge in [0.2, 0.25) is 0 Å². The first-order chi connectivity index (χ1) is 6.31. The van der Waals surface area contributed by atoms with E-state index in [4.69, 9.17) is 0 Å². The molecule has 0 heterocycles. The van der Waals surface area contributed by atoms with Crippen molar-refractivity contribution in [2.24, 2.45) is 0 Å². The maximum Gasteiger partial charge on any atom is 0.390 e. The number of halogens is 3. The number of ketones is 1. The molecule has 2 nitrogen and oxygen atoms in total. The minimum Gasteiger partial charge on any atom is -0.302 e. The molecule has 0 aliphatic rings. The standard InChI is InChI=1S/C9H14F3NO/c1-8(14)4-3-6-13(2)7-5-9(10,11)12/h3-4H,5-7H2,1-2H3/b4-3+. The molecule has 14 heavy (non-hydrogen) atoms. The van der Waals surface area contributed by atoms with E-state index in [-0.39, 0.29) is 12.3 Å². The second kappa shape index (κ2) is 5.80. The SMILES string of the molecule is CC(=O)/C=C/CN(C)CCC(F)(F)F. The average molecular weight is 209 g/mol. The van der Waals surface area contributed by atoms with Gasteiger partial charge in [-0.3, -0.25) is 4.79 Å². The number of rotatable bonds is 5. The summed E-state index contributed by atoms with van der Waals surface area (Å²) in [5.74, 6) is -0.103. The molecule has 0 rings (SSSR count). The Morgan fingerprint density at radius 3 is 2.43 bits per heavy atom. The molecule has 0 aliphatic carbocycles. The van der Waals surface area contributed by atoms with Crippen molar-refractivity contribution in [2.75, 3.05) is 20.1 Å². The number of likely N-dealkylation sites (N-methyl/N-ethyl adjacent to an activating group) is 1. The van der Waals surface area contributed by atoms with Crippen molar-refractivity contribution in [2.45, 2.75) is 19.5 Å². The molecule has 0 amide bonds. The summed E-state index contributed by atoms with van der Waals surface area (Å²) in [4.78, 5) is 12.0. The third-order valence-corrected chi connectivity index (χ3v) is 1.55. The monoisotopic (exact) mass is 209 g/mol. The topological polar surface area (TPSA) is 20.3 Å². The lowest BCUT2D eigenvalue weighted by Crippen LogP contribution is -2.24. The van der Waals surface area contributed by atoms with Gasteiger partial charge in [0.15, 0.2) is 5.78 Å². The van der Waals surface area contributed by atoms with Crippen LogP contribution in [0.1, 0.15) is 13.3 Å². The second-order valence-electron chi connectivity index (χ2n) is 3.14. The summed E-state index contributed by atoms with van der Waals surface area (Å²) in [5.41, 5.74) is 0. The largest absolute Gasteiger partial charge is 0.390 e. The van der Waals surface area contributed by atoms with E-state index in [1.807, 2.05) is 0 Å². The highest BCUT2D eigenvalue weighted by Gasteiger charge is 2.26. The first-order valence-corrected chi connectivity index (χ1v) is 4.23. The van der Waals surface area contributed by atoms with Gasteiger partial charge in [-0.2, -0.15) is 13.2 Å². The van der Waals surface area contributed by atoms with Gasteiger partial charge in [-0.1, -0.05) is 6.08 Å². The van der Waals surface area contributed by atoms with Gasteiger partial charge in [0.25, 0.3) is 0 Å². The highest BCUT2D eigenvalue weighted by molar-refractivity contribution is 5.87. The van der Waals surface area contributed by atoms with Gasteiger partial charge in [-0.15, -0.1) is 0 Å². The van der Waals surface area contributed by atoms with Crippen LogP contribution >= 0.6 is 0 Å². The van der Waals surface area contributed by atoms with E-state index in [2.05, 4.69) is 0 Å². The number of allylic oxidation sites excluding steroid dienone is 1. The lowest BCUT2D eigenvalue weighted by Gasteiger charge is -2.15. The molecule has 0 unspecified atom stereocenters. The summed E-state index contributed by atoms with van der Waals surface area (Å²) in [6.07, 6.45) is -2.03. The molecule has 5 heteroatoms. The average Bonchev–Trinajstić information content (AvgIpc) is 1.99. The van der Waals surface area contributed by atoms with Crippen LogP contribution in [0.2, 0.25) is 0 Å². The number of alkyl halides is 3. The summed E-state index contributed by atoms with van der Waals surface area (Å²) in [6, 6.07) is 0. The number of carbonyl (C=O) groups is 1. The minimum atomic E-state index is -4.11. The molecule has 0 aromatic heterocycles. The molecule has 0 spiro atoms. The van der Waals surface area contributed by atoms with Crippen LogP contribution in [0.5, 0.6) is 0 Å². The first kappa shape index (κ1) is 13.2. The molecule has 0 saturated heterocycles. The van der Waals surface area contributed by atoms with Crippen LogP contribution in [0, 0.1) is 0 Å². The molecule has 0 saturated carbocycles. The van der Waals surface area contributed by atoms with E-state index in [1.54, 1.807) is 13.1 Å². The van der Waals surface area contributed by atoms with E-state index in [0.29, 0.717) is 6.54 Å². The van der Waals surface area contributed by atoms with Gasteiger partial charge in [-0.25, -0.2) is 0 Å². The van der Waals surface area contributed by atoms with Crippen molar-refractivity contribution in [1.29, 1.82) is 0 Å². The Hall–Kier alpha value is -0.840. The van der Waals surface area contributed by atoms with Gasteiger partial charge in [0.05, 0.1) is 6.42 Å². The van der Waals surface area contributed by atoms with Crippen LogP contribution in [0.15, 0.2) is 12.2 Å². The number of nitrogens with zero attached hydrogens (tertiary/aromatic N) is 1. The smallest absolute Gasteiger partial charge is 0.302 e. The van der Waals surface area contributed by atoms with Crippen molar-refractivity contribution in [3.05, 3.63) is 12.2 Å². The summed E-state index contributed by atoms with van der Waals surface area (Å²) in [5, 5.41) is 0. The number of carbonyl (C=O) groups excluding carboxylic acids is 1. The lowest BCUT2D eigenvalue weighted by molar-refractivity contribution is -0.137. The summed E-state index contributed by atoms with van der Waals surface area (Å²) in [6.45, 7) is 1.70. The van der Waals surface area contributed by atoms with Crippen LogP contribution in [-0.2, 0) is 4.79 Å². The molecule has 0 N–H and O–H groups in total. The van der Waals surface area contributed by atoms with Crippen LogP contribution in [-0.4, -0.2) is 37.0 Å². The van der Waals surface area contributed by atoms with Crippen molar-refractivity contribution in [1.82, 2.24) is 4.90 Å². The minimum absolute atomic E-state index is 0.0499. The Labute approximate surface area is 81.4 Å². The van der Waals surface area contributed by atoms with Crippen LogP contribution < -0.4 is 0 Å². The van der Waals surface area contributed by atoms with Crippen molar-refractivity contribution >= 4 is 5.78 Å². The first-order valence-electron chi connectivity index (χ1n) is 4.23. The third kappa shape index (κ3) is 9.25. The predicted octanol–water partition coefficient (Wildman–Crippen LogP) is 2.02. The molecule has 0 aromatic carbocycles. The molecular formula is C9H14F3NO. The van der Waals surface area contributed by atoms with E-state index >= 15 is 0 Å². The van der Waals surface area contributed by atoms with Gasteiger partial charge in [0.1, 0.15) is 0 Å². The van der Waals surface area contributed by atoms with Crippen LogP contribution in [0.4, 0.5) is 13.2 Å². The fraction of sp³-hybridized carbons (Fsp3) is 0.667. The highest BCUT2D eigenvalue weighted by atomic mass is 19.4. The van der Waals surface area contributed by atoms with Gasteiger partial charge in [0, 0.05) is 13.1 Å². The van der Waals surface area contributed by atoms with Crippen LogP contribution in [0.25, 0.3) is 0 Å². The molecule has 0 atom stereocenters. The number of hydrogen-bond acceptors (Lipinski definition) is 2. The molecule has 0 aliphatic heterocycles. The summed E-state index contributed by atoms with van der Waals surface area (Å²) in [7, 11) is 1.58. The zero-order valence-corrected chi connectivity index (χ0v) is 8.27. The van der Waals surface area contributed by atoms with E-state index < -0.39 is 12.6 Å². The zero-order chi connectivity index (χ0) is 11.2. The lowest BCUT2D eigenvalue weighted by atomic mass is 10.3. The molecule has 0 bridgehead atoms. The maximum absolute atomic E-state index is 11.8. The Morgan fingerprint density at radius 1 is 1.43 bits per heavy atom. The second-order valence-corrected chi connectivity index (χ2v) is 3.14. The molecule has 0 radical (unpaired) electrons. The molecular weight excluding hydrogens is 195 g/mol. The molecule has 0 fully saturated rings. The Morgan fingerprint density at radius 2 is 2.00 bits per heavy atom. The van der Waals surface area contributed by atoms with E-state index in [0.717, 1.165) is 0 Å². The Bertz CT molecular complexity index is 211. The molecule has 0 aromatic rings. The quantitative estimate of drug-likeness (QED) is 0.645. The fourth-order valence-electron chi connectivity index (χ4n) is 0.808. The zero-order valence-electron chi connectivity index (χ0n) is 8.27. The van der Waals surface area contributed by atoms with Gasteiger partial charge in [-0.05, 0) is 20.0 Å². The number of hydrogen-bond donors (Lipinski definition) is 0. The predicted molar refractivity (Wildman–Crippen MR) is 48.0 cm³/mol. The van der Waals surface area contributed by atoms with Gasteiger partial charge >= 0.3 is 6.18 Å². The van der Waals surface area contributed by atoms with Crippen molar-refractivity contribution in [3.63, 3.8) is 0 Å². The van der Waals surface area contributed by atoms with Crippen molar-refractivity contribution < 1.29 is 18.0 Å². The van der Waals surface area contributed by atoms with Crippen molar-refractivity contribution in [3.8, 4) is 0 Å². The van der Waals surface area contributed by atoms with E-state index in [9.17, 15) is 18.0 Å². The Balaban J connectivity index is 3.66. The fourth-order valence-corrected chi connectivity index (χ4v) is 0.808. The normalized spacial score (nSPS) is 12.7. The van der Waals surface area contributed by atoms with Crippen LogP contribution in [0.3, 0.4) is 0 Å². The molecule has 82 valence electrons. The maximum atomic E-state index is 11.8. The van der Waals surface area contributed by atoms with Gasteiger partial charge < -0.3 is 4.90 Å². The van der Waals surface area contributed by atoms with E-state index in [1.165, 1.54) is 17.9 Å². The summed E-state index contributed by atoms with van der Waals surface area (Å²) >= 11 is 0.